The first-order valence-corrected chi connectivity index (χ1v) is 6.49. The summed E-state index contributed by atoms with van der Waals surface area (Å²) in [6.07, 6.45) is 0. The van der Waals surface area contributed by atoms with Crippen LogP contribution < -0.4 is 10.2 Å². The molecule has 2 nitrogen and oxygen atoms in total. The van der Waals surface area contributed by atoms with Crippen LogP contribution in [0.4, 0.5) is 5.69 Å². The minimum Gasteiger partial charge on any atom is -0.374 e. The molecule has 2 rings (SSSR count). The second-order valence-corrected chi connectivity index (χ2v) is 6.20. The molecule has 1 aromatic carbocycles. The maximum absolute atomic E-state index is 3.32. The normalized spacial score (nSPS) is 16.7. The summed E-state index contributed by atoms with van der Waals surface area (Å²) in [4.78, 5) is 2.36. The van der Waals surface area contributed by atoms with Gasteiger partial charge in [0.25, 0.3) is 0 Å². The summed E-state index contributed by atoms with van der Waals surface area (Å²) >= 11 is 0. The van der Waals surface area contributed by atoms with Gasteiger partial charge in [0.05, 0.1) is 0 Å². The fraction of sp³-hybridized carbons (Fsp3) is 0.600. The van der Waals surface area contributed by atoms with Crippen molar-refractivity contribution in [3.8, 4) is 0 Å². The number of hydrogen-bond donors (Lipinski definition) is 1. The Hall–Kier alpha value is -1.02. The molecule has 0 saturated carbocycles. The molecule has 0 aromatic heterocycles. The van der Waals surface area contributed by atoms with Crippen LogP contribution in [0.15, 0.2) is 24.3 Å². The fourth-order valence-corrected chi connectivity index (χ4v) is 2.19. The Morgan fingerprint density at radius 2 is 1.76 bits per heavy atom. The van der Waals surface area contributed by atoms with Gasteiger partial charge in [-0.05, 0) is 23.1 Å². The summed E-state index contributed by atoms with van der Waals surface area (Å²) in [5.74, 6) is 0.822. The molecule has 1 aliphatic rings. The third kappa shape index (κ3) is 3.01. The SMILES string of the molecule is CN(CC1CNC1)c1ccc(C(C)(C)C)cc1. The monoisotopic (exact) mass is 232 g/mol. The summed E-state index contributed by atoms with van der Waals surface area (Å²) in [5.41, 5.74) is 2.97. The van der Waals surface area contributed by atoms with Gasteiger partial charge in [-0.25, -0.2) is 0 Å². The van der Waals surface area contributed by atoms with Crippen LogP contribution in [0, 0.1) is 5.92 Å². The van der Waals surface area contributed by atoms with Crippen LogP contribution in [0.3, 0.4) is 0 Å². The van der Waals surface area contributed by atoms with Crippen LogP contribution in [-0.2, 0) is 5.41 Å². The molecule has 1 saturated heterocycles. The van der Waals surface area contributed by atoms with E-state index < -0.39 is 0 Å². The summed E-state index contributed by atoms with van der Waals surface area (Å²) in [6.45, 7) is 10.3. The Morgan fingerprint density at radius 1 is 1.18 bits per heavy atom. The topological polar surface area (TPSA) is 15.3 Å². The minimum atomic E-state index is 0.245. The van der Waals surface area contributed by atoms with Gasteiger partial charge in [-0.15, -0.1) is 0 Å². The molecule has 1 fully saturated rings. The Labute approximate surface area is 105 Å². The molecule has 2 heteroatoms. The van der Waals surface area contributed by atoms with Crippen molar-refractivity contribution < 1.29 is 0 Å². The molecule has 0 atom stereocenters. The molecule has 0 bridgehead atoms. The standard InChI is InChI=1S/C15H24N2/c1-15(2,3)13-5-7-14(8-6-13)17(4)11-12-9-16-10-12/h5-8,12,16H,9-11H2,1-4H3. The van der Waals surface area contributed by atoms with Crippen molar-refractivity contribution in [2.24, 2.45) is 5.92 Å². The molecule has 1 heterocycles. The van der Waals surface area contributed by atoms with Gasteiger partial charge in [0.2, 0.25) is 0 Å². The van der Waals surface area contributed by atoms with Crippen molar-refractivity contribution in [2.45, 2.75) is 26.2 Å². The molecule has 0 aliphatic carbocycles. The second kappa shape index (κ2) is 4.69. The van der Waals surface area contributed by atoms with Crippen molar-refractivity contribution >= 4 is 5.69 Å². The van der Waals surface area contributed by atoms with E-state index in [4.69, 9.17) is 0 Å². The molecular formula is C15H24N2. The van der Waals surface area contributed by atoms with E-state index in [-0.39, 0.29) is 5.41 Å². The molecule has 17 heavy (non-hydrogen) atoms. The zero-order chi connectivity index (χ0) is 12.5. The van der Waals surface area contributed by atoms with Gasteiger partial charge < -0.3 is 10.2 Å². The van der Waals surface area contributed by atoms with Gasteiger partial charge in [-0.1, -0.05) is 32.9 Å². The lowest BCUT2D eigenvalue weighted by Crippen LogP contribution is -2.47. The minimum absolute atomic E-state index is 0.245. The van der Waals surface area contributed by atoms with Crippen molar-refractivity contribution in [1.29, 1.82) is 0 Å². The Morgan fingerprint density at radius 3 is 2.18 bits per heavy atom. The molecular weight excluding hydrogens is 208 g/mol. The lowest BCUT2D eigenvalue weighted by Gasteiger charge is -2.32. The van der Waals surface area contributed by atoms with Gasteiger partial charge in [-0.3, -0.25) is 0 Å². The average Bonchev–Trinajstić information content (AvgIpc) is 2.22. The van der Waals surface area contributed by atoms with E-state index in [0.717, 1.165) is 12.5 Å². The van der Waals surface area contributed by atoms with Crippen molar-refractivity contribution in [3.05, 3.63) is 29.8 Å². The van der Waals surface area contributed by atoms with Crippen molar-refractivity contribution in [2.75, 3.05) is 31.6 Å². The summed E-state index contributed by atoms with van der Waals surface area (Å²) in [7, 11) is 2.18. The molecule has 0 spiro atoms. The highest BCUT2D eigenvalue weighted by Gasteiger charge is 2.19. The summed E-state index contributed by atoms with van der Waals surface area (Å²) in [6, 6.07) is 9.00. The van der Waals surface area contributed by atoms with Crippen LogP contribution in [0.1, 0.15) is 26.3 Å². The number of nitrogens with one attached hydrogen (secondary N) is 1. The van der Waals surface area contributed by atoms with E-state index >= 15 is 0 Å². The van der Waals surface area contributed by atoms with E-state index in [1.165, 1.54) is 24.3 Å². The first-order chi connectivity index (χ1) is 7.97. The third-order valence-electron chi connectivity index (χ3n) is 3.57. The van der Waals surface area contributed by atoms with Crippen LogP contribution in [-0.4, -0.2) is 26.7 Å². The third-order valence-corrected chi connectivity index (χ3v) is 3.57. The highest BCUT2D eigenvalue weighted by atomic mass is 15.1. The van der Waals surface area contributed by atoms with E-state index in [2.05, 4.69) is 62.3 Å². The maximum Gasteiger partial charge on any atom is 0.0363 e. The predicted octanol–water partition coefficient (Wildman–Crippen LogP) is 2.64. The molecule has 1 N–H and O–H groups in total. The highest BCUT2D eigenvalue weighted by molar-refractivity contribution is 5.48. The number of hydrogen-bond acceptors (Lipinski definition) is 2. The van der Waals surface area contributed by atoms with E-state index in [0.29, 0.717) is 0 Å². The lowest BCUT2D eigenvalue weighted by molar-refractivity contribution is 0.353. The molecule has 94 valence electrons. The van der Waals surface area contributed by atoms with E-state index in [9.17, 15) is 0 Å². The summed E-state index contributed by atoms with van der Waals surface area (Å²) in [5, 5.41) is 3.32. The predicted molar refractivity (Wildman–Crippen MR) is 74.8 cm³/mol. The zero-order valence-corrected chi connectivity index (χ0v) is 11.5. The van der Waals surface area contributed by atoms with Crippen molar-refractivity contribution in [1.82, 2.24) is 5.32 Å². The van der Waals surface area contributed by atoms with Gasteiger partial charge in [-0.2, -0.15) is 0 Å². The largest absolute Gasteiger partial charge is 0.374 e. The quantitative estimate of drug-likeness (QED) is 0.862. The van der Waals surface area contributed by atoms with Crippen LogP contribution in [0.5, 0.6) is 0 Å². The van der Waals surface area contributed by atoms with E-state index in [1.807, 2.05) is 0 Å². The van der Waals surface area contributed by atoms with Crippen molar-refractivity contribution in [3.63, 3.8) is 0 Å². The molecule has 0 amide bonds. The number of benzene rings is 1. The van der Waals surface area contributed by atoms with E-state index in [1.54, 1.807) is 0 Å². The lowest BCUT2D eigenvalue weighted by atomic mass is 9.87. The average molecular weight is 232 g/mol. The Bertz CT molecular complexity index is 358. The maximum atomic E-state index is 3.32. The van der Waals surface area contributed by atoms with Crippen LogP contribution in [0.2, 0.25) is 0 Å². The summed E-state index contributed by atoms with van der Waals surface area (Å²) < 4.78 is 0. The molecule has 1 aliphatic heterocycles. The van der Waals surface area contributed by atoms with Gasteiger partial charge in [0, 0.05) is 38.3 Å². The molecule has 0 radical (unpaired) electrons. The van der Waals surface area contributed by atoms with Gasteiger partial charge >= 0.3 is 0 Å². The first kappa shape index (κ1) is 12.4. The first-order valence-electron chi connectivity index (χ1n) is 6.49. The zero-order valence-electron chi connectivity index (χ0n) is 11.5. The van der Waals surface area contributed by atoms with Gasteiger partial charge in [0.1, 0.15) is 0 Å². The second-order valence-electron chi connectivity index (χ2n) is 6.20. The number of nitrogens with zero attached hydrogens (tertiary/aromatic N) is 1. The van der Waals surface area contributed by atoms with Crippen LogP contribution >= 0.6 is 0 Å². The van der Waals surface area contributed by atoms with Gasteiger partial charge in [0.15, 0.2) is 0 Å². The Balaban J connectivity index is 2.01. The highest BCUT2D eigenvalue weighted by Crippen LogP contribution is 2.24. The Kier molecular flexibility index (Phi) is 3.43. The molecule has 1 aromatic rings. The number of anilines is 1. The molecule has 0 unspecified atom stereocenters. The van der Waals surface area contributed by atoms with Crippen LogP contribution in [0.25, 0.3) is 0 Å². The smallest absolute Gasteiger partial charge is 0.0363 e. The fourth-order valence-electron chi connectivity index (χ4n) is 2.19. The number of rotatable bonds is 3.